The number of halogens is 1. The molecule has 0 saturated heterocycles. The average Bonchev–Trinajstić information content (AvgIpc) is 3.23. The number of rotatable bonds is 5. The second-order valence-electron chi connectivity index (χ2n) is 7.33. The van der Waals surface area contributed by atoms with E-state index in [9.17, 15) is 4.79 Å². The lowest BCUT2D eigenvalue weighted by Crippen LogP contribution is -2.22. The predicted octanol–water partition coefficient (Wildman–Crippen LogP) is 5.30. The normalized spacial score (nSPS) is 11.3. The molecule has 0 fully saturated rings. The highest BCUT2D eigenvalue weighted by Gasteiger charge is 2.20. The zero-order chi connectivity index (χ0) is 22.2. The number of fused-ring (bicyclic) bond motifs is 3. The van der Waals surface area contributed by atoms with Gasteiger partial charge in [0.15, 0.2) is 5.16 Å². The molecule has 0 saturated carbocycles. The maximum atomic E-state index is 13.6. The standard InChI is InChI=1S/C24H19ClN4O2S/c1-15-11-12-21(31-2)20(13-15)28-22(30)17-8-4-6-10-19(17)29-23(28)26-27-24(29)32-14-16-7-3-5-9-18(16)25/h3-13H,14H2,1-2H3. The first kappa shape index (κ1) is 20.6. The highest BCUT2D eigenvalue weighted by Crippen LogP contribution is 2.30. The number of aromatic nitrogens is 4. The number of ether oxygens (including phenoxy) is 1. The van der Waals surface area contributed by atoms with Crippen LogP contribution in [0.15, 0.2) is 76.7 Å². The fourth-order valence-corrected chi connectivity index (χ4v) is 4.95. The van der Waals surface area contributed by atoms with Crippen LogP contribution in [0.2, 0.25) is 5.02 Å². The first-order valence-corrected chi connectivity index (χ1v) is 11.3. The summed E-state index contributed by atoms with van der Waals surface area (Å²) in [6, 6.07) is 20.9. The maximum absolute atomic E-state index is 13.6. The molecule has 5 aromatic rings. The summed E-state index contributed by atoms with van der Waals surface area (Å²) in [7, 11) is 1.59. The van der Waals surface area contributed by atoms with Gasteiger partial charge in [0.2, 0.25) is 5.78 Å². The van der Waals surface area contributed by atoms with E-state index in [2.05, 4.69) is 10.2 Å². The van der Waals surface area contributed by atoms with Crippen molar-refractivity contribution in [2.75, 3.05) is 7.11 Å². The minimum absolute atomic E-state index is 0.174. The Balaban J connectivity index is 1.76. The predicted molar refractivity (Wildman–Crippen MR) is 128 cm³/mol. The van der Waals surface area contributed by atoms with Crippen LogP contribution in [0.25, 0.3) is 22.4 Å². The molecular weight excluding hydrogens is 444 g/mol. The second-order valence-corrected chi connectivity index (χ2v) is 8.68. The van der Waals surface area contributed by atoms with Gasteiger partial charge in [-0.15, -0.1) is 10.2 Å². The van der Waals surface area contributed by atoms with E-state index < -0.39 is 0 Å². The molecule has 0 radical (unpaired) electrons. The molecule has 0 amide bonds. The highest BCUT2D eigenvalue weighted by molar-refractivity contribution is 7.98. The Morgan fingerprint density at radius 2 is 1.81 bits per heavy atom. The lowest BCUT2D eigenvalue weighted by molar-refractivity contribution is 0.412. The molecular formula is C24H19ClN4O2S. The van der Waals surface area contributed by atoms with Crippen LogP contribution in [0.3, 0.4) is 0 Å². The third-order valence-electron chi connectivity index (χ3n) is 5.28. The SMILES string of the molecule is COc1ccc(C)cc1-n1c(=O)c2ccccc2n2c(SCc3ccccc3Cl)nnc12. The molecule has 6 nitrogen and oxygen atoms in total. The summed E-state index contributed by atoms with van der Waals surface area (Å²) in [6.45, 7) is 1.97. The van der Waals surface area contributed by atoms with Crippen molar-refractivity contribution in [2.24, 2.45) is 0 Å². The molecule has 2 heterocycles. The molecule has 0 bridgehead atoms. The Morgan fingerprint density at radius 3 is 2.62 bits per heavy atom. The molecule has 2 aromatic heterocycles. The van der Waals surface area contributed by atoms with Crippen LogP contribution < -0.4 is 10.3 Å². The van der Waals surface area contributed by atoms with Crippen LogP contribution in [0.4, 0.5) is 0 Å². The summed E-state index contributed by atoms with van der Waals surface area (Å²) >= 11 is 7.86. The second kappa shape index (κ2) is 8.33. The van der Waals surface area contributed by atoms with Crippen LogP contribution in [0, 0.1) is 6.92 Å². The fourth-order valence-electron chi connectivity index (χ4n) is 3.72. The number of nitrogens with zero attached hydrogens (tertiary/aromatic N) is 4. The van der Waals surface area contributed by atoms with E-state index >= 15 is 0 Å². The van der Waals surface area contributed by atoms with Crippen molar-refractivity contribution in [1.29, 1.82) is 0 Å². The van der Waals surface area contributed by atoms with Crippen LogP contribution in [0.1, 0.15) is 11.1 Å². The maximum Gasteiger partial charge on any atom is 0.267 e. The van der Waals surface area contributed by atoms with Crippen LogP contribution in [-0.2, 0) is 5.75 Å². The summed E-state index contributed by atoms with van der Waals surface area (Å²) in [5, 5.41) is 10.8. The van der Waals surface area contributed by atoms with Crippen LogP contribution in [-0.4, -0.2) is 26.3 Å². The van der Waals surface area contributed by atoms with Crippen molar-refractivity contribution in [1.82, 2.24) is 19.2 Å². The van der Waals surface area contributed by atoms with Gasteiger partial charge in [-0.1, -0.05) is 59.8 Å². The monoisotopic (exact) mass is 462 g/mol. The van der Waals surface area contributed by atoms with Gasteiger partial charge in [-0.3, -0.25) is 9.20 Å². The van der Waals surface area contributed by atoms with E-state index in [0.717, 1.165) is 16.6 Å². The van der Waals surface area contributed by atoms with Crippen LogP contribution in [0.5, 0.6) is 5.75 Å². The molecule has 0 atom stereocenters. The summed E-state index contributed by atoms with van der Waals surface area (Å²) in [5.41, 5.74) is 3.22. The van der Waals surface area contributed by atoms with Gasteiger partial charge < -0.3 is 4.74 Å². The Kier molecular flexibility index (Phi) is 5.36. The van der Waals surface area contributed by atoms with Crippen molar-refractivity contribution in [3.63, 3.8) is 0 Å². The van der Waals surface area contributed by atoms with Gasteiger partial charge in [-0.2, -0.15) is 0 Å². The molecule has 160 valence electrons. The number of hydrogen-bond acceptors (Lipinski definition) is 5. The summed E-state index contributed by atoms with van der Waals surface area (Å²) in [6.07, 6.45) is 0. The Hall–Kier alpha value is -3.29. The highest BCUT2D eigenvalue weighted by atomic mass is 35.5. The van der Waals surface area contributed by atoms with Gasteiger partial charge in [-0.25, -0.2) is 4.57 Å². The van der Waals surface area contributed by atoms with Gasteiger partial charge in [0.1, 0.15) is 5.75 Å². The molecule has 0 aliphatic carbocycles. The van der Waals surface area contributed by atoms with Crippen molar-refractivity contribution in [3.8, 4) is 11.4 Å². The Labute approximate surface area is 193 Å². The van der Waals surface area contributed by atoms with Gasteiger partial charge in [0, 0.05) is 10.8 Å². The topological polar surface area (TPSA) is 61.4 Å². The third-order valence-corrected chi connectivity index (χ3v) is 6.63. The van der Waals surface area contributed by atoms with Gasteiger partial charge in [-0.05, 0) is 48.4 Å². The molecule has 0 N–H and O–H groups in total. The Bertz CT molecular complexity index is 1530. The van der Waals surface area contributed by atoms with E-state index in [1.807, 2.05) is 78.1 Å². The van der Waals surface area contributed by atoms with Crippen molar-refractivity contribution >= 4 is 40.0 Å². The number of aryl methyl sites for hydroxylation is 1. The molecule has 32 heavy (non-hydrogen) atoms. The average molecular weight is 463 g/mol. The zero-order valence-corrected chi connectivity index (χ0v) is 19.0. The van der Waals surface area contributed by atoms with E-state index in [0.29, 0.717) is 38.5 Å². The molecule has 0 spiro atoms. The fraction of sp³-hybridized carbons (Fsp3) is 0.125. The Morgan fingerprint density at radius 1 is 1.03 bits per heavy atom. The number of hydrogen-bond donors (Lipinski definition) is 0. The third kappa shape index (κ3) is 3.43. The van der Waals surface area contributed by atoms with Gasteiger partial charge >= 0.3 is 0 Å². The van der Waals surface area contributed by atoms with Crippen molar-refractivity contribution in [3.05, 3.63) is 93.2 Å². The first-order chi connectivity index (χ1) is 15.6. The van der Waals surface area contributed by atoms with E-state index in [1.54, 1.807) is 11.7 Å². The molecule has 0 aliphatic rings. The quantitative estimate of drug-likeness (QED) is 0.332. The van der Waals surface area contributed by atoms with Crippen molar-refractivity contribution in [2.45, 2.75) is 17.8 Å². The van der Waals surface area contributed by atoms with Crippen molar-refractivity contribution < 1.29 is 4.74 Å². The van der Waals surface area contributed by atoms with E-state index in [-0.39, 0.29) is 5.56 Å². The molecule has 0 unspecified atom stereocenters. The molecule has 5 rings (SSSR count). The van der Waals surface area contributed by atoms with Gasteiger partial charge in [0.25, 0.3) is 5.56 Å². The molecule has 0 aliphatic heterocycles. The smallest absolute Gasteiger partial charge is 0.267 e. The van der Waals surface area contributed by atoms with E-state index in [1.165, 1.54) is 11.8 Å². The minimum atomic E-state index is -0.174. The zero-order valence-electron chi connectivity index (χ0n) is 17.4. The lowest BCUT2D eigenvalue weighted by atomic mass is 10.2. The van der Waals surface area contributed by atoms with E-state index in [4.69, 9.17) is 16.3 Å². The summed E-state index contributed by atoms with van der Waals surface area (Å²) in [5.74, 6) is 1.64. The minimum Gasteiger partial charge on any atom is -0.495 e. The number of benzene rings is 3. The summed E-state index contributed by atoms with van der Waals surface area (Å²) in [4.78, 5) is 13.6. The summed E-state index contributed by atoms with van der Waals surface area (Å²) < 4.78 is 9.05. The van der Waals surface area contributed by atoms with Crippen LogP contribution >= 0.6 is 23.4 Å². The molecule has 3 aromatic carbocycles. The van der Waals surface area contributed by atoms with Gasteiger partial charge in [0.05, 0.1) is 23.7 Å². The largest absolute Gasteiger partial charge is 0.495 e. The number of para-hydroxylation sites is 1. The number of methoxy groups -OCH3 is 1. The number of thioether (sulfide) groups is 1. The lowest BCUT2D eigenvalue weighted by Gasteiger charge is -2.14. The molecule has 8 heteroatoms. The first-order valence-electron chi connectivity index (χ1n) is 9.98.